The van der Waals surface area contributed by atoms with Crippen LogP contribution in [0.2, 0.25) is 0 Å². The molecule has 1 N–H and O–H groups in total. The highest BCUT2D eigenvalue weighted by Gasteiger charge is 2.26. The molecule has 13 heavy (non-hydrogen) atoms. The third-order valence-corrected chi connectivity index (χ3v) is 3.20. The molecule has 0 atom stereocenters. The van der Waals surface area contributed by atoms with Crippen LogP contribution in [0.4, 0.5) is 0 Å². The lowest BCUT2D eigenvalue weighted by atomic mass is 9.85. The predicted molar refractivity (Wildman–Crippen MR) is 58.9 cm³/mol. The van der Waals surface area contributed by atoms with Gasteiger partial charge in [-0.05, 0) is 50.1 Å². The van der Waals surface area contributed by atoms with Gasteiger partial charge in [0.2, 0.25) is 0 Å². The van der Waals surface area contributed by atoms with Crippen LogP contribution in [-0.4, -0.2) is 6.54 Å². The van der Waals surface area contributed by atoms with Crippen molar-refractivity contribution in [1.82, 2.24) is 5.32 Å². The van der Waals surface area contributed by atoms with Gasteiger partial charge in [0.15, 0.2) is 0 Å². The molecule has 2 rings (SSSR count). The highest BCUT2D eigenvalue weighted by Crippen LogP contribution is 2.30. The van der Waals surface area contributed by atoms with E-state index in [-0.39, 0.29) is 5.54 Å². The van der Waals surface area contributed by atoms with Crippen molar-refractivity contribution in [2.75, 3.05) is 6.54 Å². The molecule has 1 aromatic carbocycles. The lowest BCUT2D eigenvalue weighted by Crippen LogP contribution is -2.42. The van der Waals surface area contributed by atoms with E-state index in [2.05, 4.69) is 53.3 Å². The average molecular weight is 240 g/mol. The number of nitrogens with one attached hydrogen (secondary N) is 1. The van der Waals surface area contributed by atoms with E-state index in [0.717, 1.165) is 13.0 Å². The summed E-state index contributed by atoms with van der Waals surface area (Å²) < 4.78 is 1.17. The second-order valence-corrected chi connectivity index (χ2v) is 5.02. The molecule has 0 spiro atoms. The Labute approximate surface area is 87.7 Å². The zero-order valence-corrected chi connectivity index (χ0v) is 9.61. The number of halogens is 1. The Morgan fingerprint density at radius 3 is 2.92 bits per heavy atom. The molecule has 1 aliphatic heterocycles. The molecule has 0 fully saturated rings. The van der Waals surface area contributed by atoms with Gasteiger partial charge < -0.3 is 5.32 Å². The molecule has 70 valence electrons. The van der Waals surface area contributed by atoms with Gasteiger partial charge in [-0.25, -0.2) is 0 Å². The Hall–Kier alpha value is -0.340. The van der Waals surface area contributed by atoms with Crippen LogP contribution in [0.15, 0.2) is 22.7 Å². The molecular formula is C11H14BrN. The summed E-state index contributed by atoms with van der Waals surface area (Å²) in [6, 6.07) is 6.57. The maximum atomic E-state index is 3.52. The van der Waals surface area contributed by atoms with Crippen molar-refractivity contribution in [2.24, 2.45) is 0 Å². The third kappa shape index (κ3) is 1.65. The zero-order chi connectivity index (χ0) is 9.47. The molecule has 0 unspecified atom stereocenters. The van der Waals surface area contributed by atoms with Crippen LogP contribution < -0.4 is 5.32 Å². The number of hydrogen-bond donors (Lipinski definition) is 1. The Bertz CT molecular complexity index is 331. The Kier molecular flexibility index (Phi) is 2.20. The van der Waals surface area contributed by atoms with Crippen LogP contribution >= 0.6 is 15.9 Å². The average Bonchev–Trinajstić information content (AvgIpc) is 2.06. The molecule has 0 amide bonds. The molecule has 0 bridgehead atoms. The molecule has 0 radical (unpaired) electrons. The number of fused-ring (bicyclic) bond motifs is 1. The molecule has 2 heteroatoms. The summed E-state index contributed by atoms with van der Waals surface area (Å²) in [5.74, 6) is 0. The fraction of sp³-hybridized carbons (Fsp3) is 0.455. The fourth-order valence-electron chi connectivity index (χ4n) is 1.95. The first-order chi connectivity index (χ1) is 6.09. The van der Waals surface area contributed by atoms with E-state index in [1.807, 2.05) is 0 Å². The maximum Gasteiger partial charge on any atom is 0.0380 e. The summed E-state index contributed by atoms with van der Waals surface area (Å²) in [5, 5.41) is 3.52. The topological polar surface area (TPSA) is 12.0 Å². The fourth-order valence-corrected chi connectivity index (χ4v) is 2.31. The zero-order valence-electron chi connectivity index (χ0n) is 8.02. The Morgan fingerprint density at radius 2 is 2.15 bits per heavy atom. The number of benzene rings is 1. The van der Waals surface area contributed by atoms with Crippen LogP contribution in [-0.2, 0) is 12.0 Å². The molecule has 1 aliphatic rings. The second-order valence-electron chi connectivity index (χ2n) is 4.10. The number of hydrogen-bond acceptors (Lipinski definition) is 1. The van der Waals surface area contributed by atoms with Crippen molar-refractivity contribution in [3.05, 3.63) is 33.8 Å². The third-order valence-electron chi connectivity index (χ3n) is 2.71. The van der Waals surface area contributed by atoms with Crippen LogP contribution in [0.25, 0.3) is 0 Å². The van der Waals surface area contributed by atoms with E-state index < -0.39 is 0 Å². The minimum atomic E-state index is 0.122. The van der Waals surface area contributed by atoms with Crippen molar-refractivity contribution in [3.8, 4) is 0 Å². The van der Waals surface area contributed by atoms with Gasteiger partial charge in [-0.15, -0.1) is 0 Å². The lowest BCUT2D eigenvalue weighted by molar-refractivity contribution is 0.382. The molecule has 1 nitrogen and oxygen atoms in total. The molecule has 0 aliphatic carbocycles. The molecule has 0 saturated carbocycles. The van der Waals surface area contributed by atoms with Gasteiger partial charge in [-0.2, -0.15) is 0 Å². The molecule has 1 heterocycles. The summed E-state index contributed by atoms with van der Waals surface area (Å²) in [6.07, 6.45) is 1.14. The summed E-state index contributed by atoms with van der Waals surface area (Å²) >= 11 is 3.51. The highest BCUT2D eigenvalue weighted by atomic mass is 79.9. The van der Waals surface area contributed by atoms with Crippen LogP contribution in [0.5, 0.6) is 0 Å². The van der Waals surface area contributed by atoms with Gasteiger partial charge in [0.1, 0.15) is 0 Å². The van der Waals surface area contributed by atoms with Gasteiger partial charge in [-0.3, -0.25) is 0 Å². The van der Waals surface area contributed by atoms with E-state index in [1.54, 1.807) is 0 Å². The largest absolute Gasteiger partial charge is 0.307 e. The van der Waals surface area contributed by atoms with E-state index in [1.165, 1.54) is 15.6 Å². The minimum absolute atomic E-state index is 0.122. The van der Waals surface area contributed by atoms with E-state index in [0.29, 0.717) is 0 Å². The van der Waals surface area contributed by atoms with Gasteiger partial charge >= 0.3 is 0 Å². The van der Waals surface area contributed by atoms with E-state index in [9.17, 15) is 0 Å². The Morgan fingerprint density at radius 1 is 1.38 bits per heavy atom. The smallest absolute Gasteiger partial charge is 0.0380 e. The SMILES string of the molecule is CC1(C)NCCc2ccc(Br)cc21. The van der Waals surface area contributed by atoms with Gasteiger partial charge in [0, 0.05) is 10.0 Å². The number of rotatable bonds is 0. The predicted octanol–water partition coefficient (Wildman–Crippen LogP) is 2.83. The van der Waals surface area contributed by atoms with Gasteiger partial charge in [0.05, 0.1) is 0 Å². The standard InChI is InChI=1S/C11H14BrN/c1-11(2)10-7-9(12)4-3-8(10)5-6-13-11/h3-4,7,13H,5-6H2,1-2H3. The molecular weight excluding hydrogens is 226 g/mol. The summed E-state index contributed by atoms with van der Waals surface area (Å²) in [6.45, 7) is 5.55. The second kappa shape index (κ2) is 3.10. The van der Waals surface area contributed by atoms with Crippen molar-refractivity contribution in [3.63, 3.8) is 0 Å². The molecule has 1 aromatic rings. The van der Waals surface area contributed by atoms with Crippen LogP contribution in [0.3, 0.4) is 0 Å². The lowest BCUT2D eigenvalue weighted by Gasteiger charge is -2.34. The first kappa shape index (κ1) is 9.22. The van der Waals surface area contributed by atoms with E-state index >= 15 is 0 Å². The van der Waals surface area contributed by atoms with Crippen molar-refractivity contribution in [1.29, 1.82) is 0 Å². The quantitative estimate of drug-likeness (QED) is 0.735. The minimum Gasteiger partial charge on any atom is -0.307 e. The van der Waals surface area contributed by atoms with Crippen molar-refractivity contribution >= 4 is 15.9 Å². The highest BCUT2D eigenvalue weighted by molar-refractivity contribution is 9.10. The summed E-state index contributed by atoms with van der Waals surface area (Å²) in [4.78, 5) is 0. The molecule has 0 saturated heterocycles. The summed E-state index contributed by atoms with van der Waals surface area (Å²) in [5.41, 5.74) is 3.03. The summed E-state index contributed by atoms with van der Waals surface area (Å²) in [7, 11) is 0. The van der Waals surface area contributed by atoms with Crippen LogP contribution in [0, 0.1) is 0 Å². The van der Waals surface area contributed by atoms with Gasteiger partial charge in [0.25, 0.3) is 0 Å². The van der Waals surface area contributed by atoms with Crippen molar-refractivity contribution < 1.29 is 0 Å². The Balaban J connectivity index is 2.55. The van der Waals surface area contributed by atoms with Crippen molar-refractivity contribution in [2.45, 2.75) is 25.8 Å². The maximum absolute atomic E-state index is 3.52. The van der Waals surface area contributed by atoms with Crippen LogP contribution in [0.1, 0.15) is 25.0 Å². The molecule has 0 aromatic heterocycles. The van der Waals surface area contributed by atoms with Gasteiger partial charge in [-0.1, -0.05) is 22.0 Å². The normalized spacial score (nSPS) is 19.6. The first-order valence-corrected chi connectivity index (χ1v) is 5.43. The first-order valence-electron chi connectivity index (χ1n) is 4.63. The van der Waals surface area contributed by atoms with E-state index in [4.69, 9.17) is 0 Å². The monoisotopic (exact) mass is 239 g/mol.